The summed E-state index contributed by atoms with van der Waals surface area (Å²) < 4.78 is 17.0. The number of amides is 1. The molecule has 1 amide bonds. The highest BCUT2D eigenvalue weighted by Crippen LogP contribution is 2.40. The number of aromatic nitrogens is 1. The average Bonchev–Trinajstić information content (AvgIpc) is 3.38. The van der Waals surface area contributed by atoms with Crippen molar-refractivity contribution in [1.29, 1.82) is 0 Å². The summed E-state index contributed by atoms with van der Waals surface area (Å²) in [7, 11) is 1.57. The minimum atomic E-state index is -0.762. The van der Waals surface area contributed by atoms with Gasteiger partial charge in [-0.3, -0.25) is 4.79 Å². The van der Waals surface area contributed by atoms with E-state index in [9.17, 15) is 9.59 Å². The Bertz CT molecular complexity index is 1080. The van der Waals surface area contributed by atoms with E-state index in [0.717, 1.165) is 23.5 Å². The van der Waals surface area contributed by atoms with Gasteiger partial charge in [-0.1, -0.05) is 22.9 Å². The lowest BCUT2D eigenvalue weighted by Gasteiger charge is -2.29. The standard InChI is InChI=1S/C19H18ClN3O5S2/c1-26-14-3-2-12(23-5-7-27-8-6-23)17-15(14)22-19(30-17)28-18(25)21-10-13(24)16-11(20)4-9-29-16/h2-4,9H,5-8,10H2,1H3,(H,21,25). The van der Waals surface area contributed by atoms with Gasteiger partial charge >= 0.3 is 6.09 Å². The van der Waals surface area contributed by atoms with E-state index < -0.39 is 6.09 Å². The molecule has 158 valence electrons. The summed E-state index contributed by atoms with van der Waals surface area (Å²) >= 11 is 8.42. The molecular formula is C19H18ClN3O5S2. The van der Waals surface area contributed by atoms with Crippen LogP contribution in [0.5, 0.6) is 10.9 Å². The zero-order valence-electron chi connectivity index (χ0n) is 16.0. The number of carbonyl (C=O) groups is 2. The lowest BCUT2D eigenvalue weighted by Crippen LogP contribution is -2.36. The van der Waals surface area contributed by atoms with Crippen LogP contribution in [0.15, 0.2) is 23.6 Å². The summed E-state index contributed by atoms with van der Waals surface area (Å²) in [5, 5.41) is 4.70. The predicted molar refractivity (Wildman–Crippen MR) is 117 cm³/mol. The van der Waals surface area contributed by atoms with Crippen LogP contribution in [0.2, 0.25) is 5.02 Å². The van der Waals surface area contributed by atoms with Crippen molar-refractivity contribution in [1.82, 2.24) is 10.3 Å². The minimum absolute atomic E-state index is 0.170. The number of benzene rings is 1. The van der Waals surface area contributed by atoms with E-state index in [2.05, 4.69) is 15.2 Å². The number of anilines is 1. The number of ketones is 1. The first-order valence-electron chi connectivity index (χ1n) is 9.09. The van der Waals surface area contributed by atoms with Crippen LogP contribution < -0.4 is 19.7 Å². The maximum atomic E-state index is 12.2. The van der Waals surface area contributed by atoms with E-state index >= 15 is 0 Å². The fourth-order valence-electron chi connectivity index (χ4n) is 3.05. The second-order valence-corrected chi connectivity index (χ2v) is 8.59. The van der Waals surface area contributed by atoms with Crippen LogP contribution in [0.1, 0.15) is 9.67 Å². The molecule has 3 aromatic rings. The topological polar surface area (TPSA) is 90.0 Å². The molecule has 11 heteroatoms. The Kier molecular flexibility index (Phi) is 6.38. The van der Waals surface area contributed by atoms with Crippen LogP contribution >= 0.6 is 34.3 Å². The van der Waals surface area contributed by atoms with E-state index in [1.165, 1.54) is 22.7 Å². The summed E-state index contributed by atoms with van der Waals surface area (Å²) in [5.41, 5.74) is 1.61. The molecule has 1 N–H and O–H groups in total. The fourth-order valence-corrected chi connectivity index (χ4v) is 5.13. The number of fused-ring (bicyclic) bond motifs is 1. The summed E-state index contributed by atoms with van der Waals surface area (Å²) in [6.45, 7) is 2.62. The first-order valence-corrected chi connectivity index (χ1v) is 11.2. The second-order valence-electron chi connectivity index (χ2n) is 6.31. The van der Waals surface area contributed by atoms with Crippen LogP contribution in [-0.4, -0.2) is 56.8 Å². The van der Waals surface area contributed by atoms with Crippen molar-refractivity contribution < 1.29 is 23.8 Å². The number of nitrogens with one attached hydrogen (secondary N) is 1. The molecule has 0 spiro atoms. The number of thiazole rings is 1. The zero-order valence-corrected chi connectivity index (χ0v) is 18.4. The van der Waals surface area contributed by atoms with Gasteiger partial charge in [0.15, 0.2) is 5.78 Å². The second kappa shape index (κ2) is 9.17. The third-order valence-corrected chi connectivity index (χ3v) is 6.82. The normalized spacial score (nSPS) is 14.0. The monoisotopic (exact) mass is 467 g/mol. The molecule has 30 heavy (non-hydrogen) atoms. The summed E-state index contributed by atoms with van der Waals surface area (Å²) in [6, 6.07) is 5.45. The van der Waals surface area contributed by atoms with Gasteiger partial charge in [-0.15, -0.1) is 11.3 Å². The Morgan fingerprint density at radius 2 is 2.10 bits per heavy atom. The number of methoxy groups -OCH3 is 1. The molecule has 1 aliphatic rings. The highest BCUT2D eigenvalue weighted by Gasteiger charge is 2.21. The van der Waals surface area contributed by atoms with Crippen molar-refractivity contribution in [3.63, 3.8) is 0 Å². The first-order chi connectivity index (χ1) is 14.6. The molecule has 1 saturated heterocycles. The van der Waals surface area contributed by atoms with Gasteiger partial charge in [0.25, 0.3) is 5.19 Å². The largest absolute Gasteiger partial charge is 0.494 e. The third-order valence-electron chi connectivity index (χ3n) is 4.48. The van der Waals surface area contributed by atoms with Gasteiger partial charge in [0.05, 0.1) is 47.2 Å². The summed E-state index contributed by atoms with van der Waals surface area (Å²) in [4.78, 5) is 31.3. The lowest BCUT2D eigenvalue weighted by atomic mass is 10.2. The molecule has 0 unspecified atom stereocenters. The van der Waals surface area contributed by atoms with E-state index in [1.807, 2.05) is 12.1 Å². The molecular weight excluding hydrogens is 450 g/mol. The molecule has 1 fully saturated rings. The maximum absolute atomic E-state index is 12.2. The number of morpholine rings is 1. The van der Waals surface area contributed by atoms with Crippen molar-refractivity contribution in [3.8, 4) is 10.9 Å². The molecule has 4 rings (SSSR count). The summed E-state index contributed by atoms with van der Waals surface area (Å²) in [6.07, 6.45) is -0.762. The quantitative estimate of drug-likeness (QED) is 0.551. The molecule has 3 heterocycles. The van der Waals surface area contributed by atoms with E-state index in [-0.39, 0.29) is 17.5 Å². The van der Waals surface area contributed by atoms with Gasteiger partial charge in [0, 0.05) is 13.1 Å². The molecule has 0 atom stereocenters. The van der Waals surface area contributed by atoms with Gasteiger partial charge < -0.3 is 24.4 Å². The zero-order chi connectivity index (χ0) is 21.1. The molecule has 1 aromatic carbocycles. The highest BCUT2D eigenvalue weighted by molar-refractivity contribution is 7.21. The predicted octanol–water partition coefficient (Wildman–Crippen LogP) is 3.83. The molecule has 1 aliphatic heterocycles. The number of ether oxygens (including phenoxy) is 3. The van der Waals surface area contributed by atoms with Crippen molar-refractivity contribution in [2.75, 3.05) is 44.9 Å². The van der Waals surface area contributed by atoms with E-state index in [1.54, 1.807) is 18.6 Å². The molecule has 0 saturated carbocycles. The Hall–Kier alpha value is -2.40. The number of halogens is 1. The van der Waals surface area contributed by atoms with Gasteiger partial charge in [-0.2, -0.15) is 4.98 Å². The number of nitrogens with zero attached hydrogens (tertiary/aromatic N) is 2. The Labute approximate surface area is 185 Å². The van der Waals surface area contributed by atoms with Crippen LogP contribution in [0.3, 0.4) is 0 Å². The smallest absolute Gasteiger partial charge is 0.414 e. The minimum Gasteiger partial charge on any atom is -0.494 e. The van der Waals surface area contributed by atoms with Crippen molar-refractivity contribution in [2.24, 2.45) is 0 Å². The summed E-state index contributed by atoms with van der Waals surface area (Å²) in [5.74, 6) is 0.309. The van der Waals surface area contributed by atoms with Gasteiger partial charge in [-0.05, 0) is 23.6 Å². The SMILES string of the molecule is COc1ccc(N2CCOCC2)c2sc(OC(=O)NCC(=O)c3sccc3Cl)nc12. The Morgan fingerprint density at radius 3 is 2.80 bits per heavy atom. The third kappa shape index (κ3) is 4.36. The van der Waals surface area contributed by atoms with E-state index in [4.69, 9.17) is 25.8 Å². The molecule has 2 aromatic heterocycles. The number of hydrogen-bond acceptors (Lipinski definition) is 9. The molecule has 8 nitrogen and oxygen atoms in total. The van der Waals surface area contributed by atoms with Crippen molar-refractivity contribution in [3.05, 3.63) is 33.5 Å². The van der Waals surface area contributed by atoms with Gasteiger partial charge in [0.2, 0.25) is 0 Å². The first kappa shape index (κ1) is 20.9. The van der Waals surface area contributed by atoms with Crippen LogP contribution in [-0.2, 0) is 4.74 Å². The lowest BCUT2D eigenvalue weighted by molar-refractivity contribution is 0.0992. The Balaban J connectivity index is 1.49. The van der Waals surface area contributed by atoms with Crippen LogP contribution in [0.4, 0.5) is 10.5 Å². The number of thiophene rings is 1. The van der Waals surface area contributed by atoms with Crippen LogP contribution in [0, 0.1) is 0 Å². The fraction of sp³-hybridized carbons (Fsp3) is 0.316. The number of Topliss-reactive ketones (excluding diaryl/α,β-unsaturated/α-hetero) is 1. The molecule has 0 bridgehead atoms. The molecule has 0 aliphatic carbocycles. The average molecular weight is 468 g/mol. The van der Waals surface area contributed by atoms with Gasteiger partial charge in [0.1, 0.15) is 11.3 Å². The maximum Gasteiger partial charge on any atom is 0.414 e. The van der Waals surface area contributed by atoms with Crippen LogP contribution in [0.25, 0.3) is 10.2 Å². The van der Waals surface area contributed by atoms with Crippen molar-refractivity contribution in [2.45, 2.75) is 0 Å². The number of rotatable bonds is 6. The highest BCUT2D eigenvalue weighted by atomic mass is 35.5. The number of hydrogen-bond donors (Lipinski definition) is 1. The number of carbonyl (C=O) groups excluding carboxylic acids is 2. The van der Waals surface area contributed by atoms with Gasteiger partial charge in [-0.25, -0.2) is 4.79 Å². The Morgan fingerprint density at radius 1 is 1.30 bits per heavy atom. The van der Waals surface area contributed by atoms with E-state index in [0.29, 0.717) is 34.4 Å². The molecule has 0 radical (unpaired) electrons. The van der Waals surface area contributed by atoms with Crippen molar-refractivity contribution >= 4 is 62.1 Å².